The lowest BCUT2D eigenvalue weighted by Crippen LogP contribution is -2.30. The van der Waals surface area contributed by atoms with E-state index in [1.165, 1.54) is 0 Å². The van der Waals surface area contributed by atoms with Crippen molar-refractivity contribution in [2.75, 3.05) is 7.05 Å². The van der Waals surface area contributed by atoms with Crippen molar-refractivity contribution >= 4 is 21.8 Å². The van der Waals surface area contributed by atoms with E-state index in [0.717, 1.165) is 21.4 Å². The number of aryl methyl sites for hydroxylation is 1. The molecule has 23 heavy (non-hydrogen) atoms. The lowest BCUT2D eigenvalue weighted by molar-refractivity contribution is -0.00701. The van der Waals surface area contributed by atoms with Crippen LogP contribution in [0, 0.1) is 0 Å². The molecule has 3 heterocycles. The molecule has 1 amide bonds. The molecule has 0 fully saturated rings. The molecule has 0 bridgehead atoms. The standard InChI is InChI=1S/C16H21BrN4O2/c1-9-5-13-14(10(2)23-9)18-19-15(13)16(22)21(4)8-12-6-11(17)7-20(12)3/h6-7,9-10H,5,8H2,1-4H3,(H,18,19)/t9-,10+/m1/s1. The van der Waals surface area contributed by atoms with Gasteiger partial charge in [0.2, 0.25) is 0 Å². The fourth-order valence-electron chi connectivity index (χ4n) is 3.07. The van der Waals surface area contributed by atoms with Crippen LogP contribution in [0.4, 0.5) is 0 Å². The number of rotatable bonds is 3. The molecule has 0 radical (unpaired) electrons. The van der Waals surface area contributed by atoms with Crippen LogP contribution in [0.5, 0.6) is 0 Å². The second kappa shape index (κ2) is 6.13. The van der Waals surface area contributed by atoms with Gasteiger partial charge in [-0.3, -0.25) is 9.89 Å². The van der Waals surface area contributed by atoms with E-state index < -0.39 is 0 Å². The van der Waals surface area contributed by atoms with E-state index in [1.54, 1.807) is 11.9 Å². The molecule has 0 aromatic carbocycles. The van der Waals surface area contributed by atoms with Crippen LogP contribution in [-0.2, 0) is 24.8 Å². The van der Waals surface area contributed by atoms with Crippen molar-refractivity contribution in [1.29, 1.82) is 0 Å². The summed E-state index contributed by atoms with van der Waals surface area (Å²) in [6.07, 6.45) is 2.72. The van der Waals surface area contributed by atoms with Gasteiger partial charge in [-0.25, -0.2) is 0 Å². The number of aromatic nitrogens is 3. The van der Waals surface area contributed by atoms with E-state index in [-0.39, 0.29) is 18.1 Å². The van der Waals surface area contributed by atoms with Crippen molar-refractivity contribution in [2.45, 2.75) is 39.0 Å². The summed E-state index contributed by atoms with van der Waals surface area (Å²) in [6.45, 7) is 4.53. The van der Waals surface area contributed by atoms with Crippen LogP contribution in [0.25, 0.3) is 0 Å². The van der Waals surface area contributed by atoms with Crippen LogP contribution < -0.4 is 0 Å². The predicted molar refractivity (Wildman–Crippen MR) is 90.2 cm³/mol. The molecule has 0 aliphatic carbocycles. The van der Waals surface area contributed by atoms with Crippen LogP contribution in [0.15, 0.2) is 16.7 Å². The molecular weight excluding hydrogens is 360 g/mol. The summed E-state index contributed by atoms with van der Waals surface area (Å²) in [5.41, 5.74) is 3.47. The van der Waals surface area contributed by atoms with Gasteiger partial charge in [-0.15, -0.1) is 0 Å². The molecule has 2 aromatic rings. The maximum Gasteiger partial charge on any atom is 0.274 e. The number of halogens is 1. The third kappa shape index (κ3) is 3.07. The van der Waals surface area contributed by atoms with E-state index in [9.17, 15) is 4.79 Å². The van der Waals surface area contributed by atoms with Crippen LogP contribution in [0.1, 0.15) is 47.4 Å². The van der Waals surface area contributed by atoms with Gasteiger partial charge >= 0.3 is 0 Å². The molecule has 1 N–H and O–H groups in total. The highest BCUT2D eigenvalue weighted by Crippen LogP contribution is 2.30. The number of nitrogens with one attached hydrogen (secondary N) is 1. The van der Waals surface area contributed by atoms with Gasteiger partial charge in [-0.1, -0.05) is 0 Å². The summed E-state index contributed by atoms with van der Waals surface area (Å²) in [7, 11) is 3.77. The van der Waals surface area contributed by atoms with Gasteiger partial charge < -0.3 is 14.2 Å². The van der Waals surface area contributed by atoms with Crippen molar-refractivity contribution in [3.63, 3.8) is 0 Å². The summed E-state index contributed by atoms with van der Waals surface area (Å²) in [5, 5.41) is 7.24. The zero-order valence-corrected chi connectivity index (χ0v) is 15.3. The minimum atomic E-state index is -0.0684. The van der Waals surface area contributed by atoms with Crippen molar-refractivity contribution in [2.24, 2.45) is 7.05 Å². The van der Waals surface area contributed by atoms with E-state index >= 15 is 0 Å². The average molecular weight is 381 g/mol. The van der Waals surface area contributed by atoms with E-state index in [4.69, 9.17) is 4.74 Å². The van der Waals surface area contributed by atoms with Crippen molar-refractivity contribution in [3.8, 4) is 0 Å². The van der Waals surface area contributed by atoms with E-state index in [2.05, 4.69) is 26.1 Å². The van der Waals surface area contributed by atoms with E-state index in [1.807, 2.05) is 37.7 Å². The molecular formula is C16H21BrN4O2. The summed E-state index contributed by atoms with van der Waals surface area (Å²) >= 11 is 3.46. The zero-order valence-electron chi connectivity index (χ0n) is 13.8. The zero-order chi connectivity index (χ0) is 16.7. The number of H-pyrrole nitrogens is 1. The Bertz CT molecular complexity index is 737. The number of carbonyl (C=O) groups is 1. The monoisotopic (exact) mass is 380 g/mol. The SMILES string of the molecule is C[C@@H]1Cc2c(C(=O)N(C)Cc3cc(Br)cn3C)n[nH]c2[C@H](C)O1. The van der Waals surface area contributed by atoms with Crippen LogP contribution in [0.3, 0.4) is 0 Å². The van der Waals surface area contributed by atoms with Gasteiger partial charge in [0.05, 0.1) is 24.4 Å². The number of ether oxygens (including phenoxy) is 1. The van der Waals surface area contributed by atoms with Crippen LogP contribution >= 0.6 is 15.9 Å². The molecule has 0 unspecified atom stereocenters. The van der Waals surface area contributed by atoms with Crippen molar-refractivity contribution in [1.82, 2.24) is 19.7 Å². The molecule has 0 saturated carbocycles. The highest BCUT2D eigenvalue weighted by Gasteiger charge is 2.30. The summed E-state index contributed by atoms with van der Waals surface area (Å²) < 4.78 is 8.79. The lowest BCUT2D eigenvalue weighted by atomic mass is 9.99. The van der Waals surface area contributed by atoms with Gasteiger partial charge in [0.25, 0.3) is 5.91 Å². The first kappa shape index (κ1) is 16.3. The molecule has 1 aliphatic heterocycles. The number of hydrogen-bond donors (Lipinski definition) is 1. The minimum Gasteiger partial charge on any atom is -0.369 e. The molecule has 0 saturated heterocycles. The third-order valence-electron chi connectivity index (χ3n) is 4.26. The second-order valence-electron chi connectivity index (χ2n) is 6.18. The van der Waals surface area contributed by atoms with Gasteiger partial charge in [-0.2, -0.15) is 5.10 Å². The molecule has 0 spiro atoms. The Labute approximate surface area is 143 Å². The first-order valence-electron chi connectivity index (χ1n) is 7.65. The normalized spacial score (nSPS) is 20.4. The van der Waals surface area contributed by atoms with Crippen molar-refractivity contribution < 1.29 is 9.53 Å². The van der Waals surface area contributed by atoms with Gasteiger partial charge in [-0.05, 0) is 35.8 Å². The molecule has 7 heteroatoms. The molecule has 6 nitrogen and oxygen atoms in total. The second-order valence-corrected chi connectivity index (χ2v) is 7.09. The smallest absolute Gasteiger partial charge is 0.274 e. The number of hydrogen-bond acceptors (Lipinski definition) is 3. The van der Waals surface area contributed by atoms with E-state index in [0.29, 0.717) is 18.7 Å². The molecule has 3 rings (SSSR count). The molecule has 2 atom stereocenters. The summed E-state index contributed by atoms with van der Waals surface area (Å²) in [4.78, 5) is 14.5. The first-order chi connectivity index (χ1) is 10.9. The topological polar surface area (TPSA) is 63.2 Å². The highest BCUT2D eigenvalue weighted by atomic mass is 79.9. The molecule has 124 valence electrons. The largest absolute Gasteiger partial charge is 0.369 e. The van der Waals surface area contributed by atoms with Crippen LogP contribution in [-0.4, -0.2) is 38.7 Å². The number of carbonyl (C=O) groups excluding carboxylic acids is 1. The fourth-order valence-corrected chi connectivity index (χ4v) is 3.64. The van der Waals surface area contributed by atoms with Gasteiger partial charge in [0.1, 0.15) is 0 Å². The highest BCUT2D eigenvalue weighted by molar-refractivity contribution is 9.10. The number of amides is 1. The Morgan fingerprint density at radius 2 is 2.30 bits per heavy atom. The molecule has 2 aromatic heterocycles. The Morgan fingerprint density at radius 3 is 2.96 bits per heavy atom. The Morgan fingerprint density at radius 1 is 1.57 bits per heavy atom. The van der Waals surface area contributed by atoms with Gasteiger partial charge in [0, 0.05) is 42.4 Å². The Kier molecular flexibility index (Phi) is 4.33. The number of aromatic amines is 1. The van der Waals surface area contributed by atoms with Crippen molar-refractivity contribution in [3.05, 3.63) is 39.4 Å². The predicted octanol–water partition coefficient (Wildman–Crippen LogP) is 2.81. The van der Waals surface area contributed by atoms with Gasteiger partial charge in [0.15, 0.2) is 5.69 Å². The molecule has 1 aliphatic rings. The third-order valence-corrected chi connectivity index (χ3v) is 4.69. The maximum absolute atomic E-state index is 12.8. The average Bonchev–Trinajstić information content (AvgIpc) is 3.01. The fraction of sp³-hybridized carbons (Fsp3) is 0.500. The minimum absolute atomic E-state index is 0.0584. The van der Waals surface area contributed by atoms with Crippen LogP contribution in [0.2, 0.25) is 0 Å². The Hall–Kier alpha value is -1.60. The quantitative estimate of drug-likeness (QED) is 0.890. The first-order valence-corrected chi connectivity index (χ1v) is 8.45. The lowest BCUT2D eigenvalue weighted by Gasteiger charge is -2.25. The summed E-state index contributed by atoms with van der Waals surface area (Å²) in [5.74, 6) is -0.0684. The number of fused-ring (bicyclic) bond motifs is 1. The maximum atomic E-state index is 12.8. The number of nitrogens with zero attached hydrogens (tertiary/aromatic N) is 3. The Balaban J connectivity index is 1.82. The summed E-state index contributed by atoms with van der Waals surface area (Å²) in [6, 6.07) is 2.02.